The van der Waals surface area contributed by atoms with Gasteiger partial charge < -0.3 is 25.0 Å². The molecule has 1 aliphatic rings. The lowest BCUT2D eigenvalue weighted by atomic mass is 9.97. The van der Waals surface area contributed by atoms with Crippen LogP contribution in [-0.2, 0) is 19.1 Å². The highest BCUT2D eigenvalue weighted by Crippen LogP contribution is 2.22. The van der Waals surface area contributed by atoms with Gasteiger partial charge in [-0.1, -0.05) is 0 Å². The highest BCUT2D eigenvalue weighted by Gasteiger charge is 2.45. The van der Waals surface area contributed by atoms with Crippen LogP contribution in [0.15, 0.2) is 0 Å². The molecule has 0 saturated carbocycles. The summed E-state index contributed by atoms with van der Waals surface area (Å²) in [5.74, 6) is -1.03. The Hall–Kier alpha value is -1.18. The summed E-state index contributed by atoms with van der Waals surface area (Å²) in [6.45, 7) is 3.97. The summed E-state index contributed by atoms with van der Waals surface area (Å²) in [5, 5.41) is 21.9. The van der Waals surface area contributed by atoms with E-state index in [2.05, 4.69) is 5.32 Å². The number of aliphatic hydroxyl groups is 2. The van der Waals surface area contributed by atoms with Gasteiger partial charge in [-0.15, -0.1) is 0 Å². The molecule has 0 aromatic heterocycles. The van der Waals surface area contributed by atoms with Crippen LogP contribution in [0.4, 0.5) is 0 Å². The minimum Gasteiger partial charge on any atom is -0.457 e. The minimum atomic E-state index is -1.33. The Morgan fingerprint density at radius 3 is 2.35 bits per heavy atom. The van der Waals surface area contributed by atoms with Crippen LogP contribution >= 0.6 is 0 Å². The molecule has 1 amide bonds. The van der Waals surface area contributed by atoms with E-state index in [1.165, 1.54) is 20.8 Å². The van der Waals surface area contributed by atoms with Gasteiger partial charge >= 0.3 is 5.97 Å². The summed E-state index contributed by atoms with van der Waals surface area (Å²) in [7, 11) is 0. The third-order valence-corrected chi connectivity index (χ3v) is 2.50. The van der Waals surface area contributed by atoms with Gasteiger partial charge in [0, 0.05) is 13.8 Å². The van der Waals surface area contributed by atoms with E-state index in [0.29, 0.717) is 0 Å². The van der Waals surface area contributed by atoms with Crippen LogP contribution in [0.2, 0.25) is 0 Å². The molecule has 7 heteroatoms. The van der Waals surface area contributed by atoms with Gasteiger partial charge in [-0.3, -0.25) is 9.59 Å². The zero-order valence-electron chi connectivity index (χ0n) is 9.91. The summed E-state index contributed by atoms with van der Waals surface area (Å²) in [6.07, 6.45) is -4.17. The lowest BCUT2D eigenvalue weighted by molar-refractivity contribution is -0.248. The molecule has 0 bridgehead atoms. The maximum absolute atomic E-state index is 11.0. The number of ether oxygens (including phenoxy) is 2. The number of carbonyl (C=O) groups is 2. The van der Waals surface area contributed by atoms with E-state index in [1.807, 2.05) is 0 Å². The summed E-state index contributed by atoms with van der Waals surface area (Å²) < 4.78 is 9.94. The van der Waals surface area contributed by atoms with Gasteiger partial charge in [-0.05, 0) is 6.92 Å². The average Bonchev–Trinajstić information content (AvgIpc) is 2.19. The standard InChI is InChI=1S/C10H17NO6/c1-4-8(14)9(17-6(3)13)7(10(15)16-4)11-5(2)12/h4,7-10,14-15H,1-3H3,(H,11,12)/t4-,7-,8+,9-,10?/m1/s1. The van der Waals surface area contributed by atoms with Crippen molar-refractivity contribution in [1.82, 2.24) is 5.32 Å². The number of nitrogens with one attached hydrogen (secondary N) is 1. The maximum Gasteiger partial charge on any atom is 0.303 e. The highest BCUT2D eigenvalue weighted by molar-refractivity contribution is 5.73. The van der Waals surface area contributed by atoms with Gasteiger partial charge in [0.1, 0.15) is 12.1 Å². The number of rotatable bonds is 2. The normalized spacial score (nSPS) is 37.4. The maximum atomic E-state index is 11.0. The second kappa shape index (κ2) is 5.44. The molecule has 98 valence electrons. The number of amides is 1. The average molecular weight is 247 g/mol. The fourth-order valence-electron chi connectivity index (χ4n) is 1.75. The van der Waals surface area contributed by atoms with E-state index < -0.39 is 42.5 Å². The van der Waals surface area contributed by atoms with Crippen molar-refractivity contribution in [2.75, 3.05) is 0 Å². The highest BCUT2D eigenvalue weighted by atomic mass is 16.6. The molecule has 1 aliphatic heterocycles. The summed E-state index contributed by atoms with van der Waals surface area (Å²) in [6, 6.07) is -0.984. The van der Waals surface area contributed by atoms with Crippen LogP contribution in [-0.4, -0.2) is 52.7 Å². The Morgan fingerprint density at radius 1 is 1.29 bits per heavy atom. The summed E-state index contributed by atoms with van der Waals surface area (Å²) in [4.78, 5) is 21.9. The van der Waals surface area contributed by atoms with Crippen molar-refractivity contribution < 1.29 is 29.3 Å². The van der Waals surface area contributed by atoms with Crippen molar-refractivity contribution in [2.45, 2.75) is 51.4 Å². The Labute approximate surface area is 98.7 Å². The van der Waals surface area contributed by atoms with Crippen LogP contribution in [0.3, 0.4) is 0 Å². The van der Waals surface area contributed by atoms with E-state index in [4.69, 9.17) is 9.47 Å². The zero-order chi connectivity index (χ0) is 13.2. The van der Waals surface area contributed by atoms with Gasteiger partial charge in [-0.25, -0.2) is 0 Å². The lowest BCUT2D eigenvalue weighted by Crippen LogP contribution is -2.63. The Bertz CT molecular complexity index is 307. The number of hydrogen-bond acceptors (Lipinski definition) is 6. The van der Waals surface area contributed by atoms with E-state index >= 15 is 0 Å². The van der Waals surface area contributed by atoms with Gasteiger partial charge in [0.25, 0.3) is 0 Å². The van der Waals surface area contributed by atoms with E-state index in [9.17, 15) is 19.8 Å². The van der Waals surface area contributed by atoms with E-state index in [-0.39, 0.29) is 0 Å². The molecule has 0 aromatic carbocycles. The van der Waals surface area contributed by atoms with E-state index in [0.717, 1.165) is 0 Å². The summed E-state index contributed by atoms with van der Waals surface area (Å²) >= 11 is 0. The second-order valence-corrected chi connectivity index (χ2v) is 4.02. The molecule has 0 aromatic rings. The quantitative estimate of drug-likeness (QED) is 0.514. The second-order valence-electron chi connectivity index (χ2n) is 4.02. The number of carbonyl (C=O) groups excluding carboxylic acids is 2. The van der Waals surface area contributed by atoms with Crippen LogP contribution in [0.25, 0.3) is 0 Å². The smallest absolute Gasteiger partial charge is 0.303 e. The van der Waals surface area contributed by atoms with Crippen molar-refractivity contribution in [3.8, 4) is 0 Å². The van der Waals surface area contributed by atoms with Crippen LogP contribution in [0.5, 0.6) is 0 Å². The molecular formula is C10H17NO6. The molecule has 1 unspecified atom stereocenters. The van der Waals surface area contributed by atoms with Crippen LogP contribution in [0, 0.1) is 0 Å². The third kappa shape index (κ3) is 3.39. The third-order valence-electron chi connectivity index (χ3n) is 2.50. The van der Waals surface area contributed by atoms with Gasteiger partial charge in [0.15, 0.2) is 12.4 Å². The first-order valence-corrected chi connectivity index (χ1v) is 5.29. The molecule has 3 N–H and O–H groups in total. The van der Waals surface area contributed by atoms with Crippen molar-refractivity contribution in [3.63, 3.8) is 0 Å². The van der Waals surface area contributed by atoms with Crippen molar-refractivity contribution in [2.24, 2.45) is 0 Å². The molecule has 17 heavy (non-hydrogen) atoms. The first-order chi connectivity index (χ1) is 7.82. The molecule has 5 atom stereocenters. The minimum absolute atomic E-state index is 0.420. The van der Waals surface area contributed by atoms with Gasteiger partial charge in [0.2, 0.25) is 5.91 Å². The first-order valence-electron chi connectivity index (χ1n) is 5.29. The van der Waals surface area contributed by atoms with Crippen molar-refractivity contribution in [1.29, 1.82) is 0 Å². The molecule has 0 radical (unpaired) electrons. The van der Waals surface area contributed by atoms with Crippen LogP contribution < -0.4 is 5.32 Å². The Morgan fingerprint density at radius 2 is 1.88 bits per heavy atom. The zero-order valence-corrected chi connectivity index (χ0v) is 9.91. The lowest BCUT2D eigenvalue weighted by Gasteiger charge is -2.41. The predicted octanol–water partition coefficient (Wildman–Crippen LogP) is -1.48. The topological polar surface area (TPSA) is 105 Å². The Balaban J connectivity index is 2.86. The fraction of sp³-hybridized carbons (Fsp3) is 0.800. The first kappa shape index (κ1) is 13.9. The van der Waals surface area contributed by atoms with Crippen LogP contribution in [0.1, 0.15) is 20.8 Å². The Kier molecular flexibility index (Phi) is 4.44. The molecule has 1 rings (SSSR count). The number of aliphatic hydroxyl groups excluding tert-OH is 2. The molecule has 0 spiro atoms. The fourth-order valence-corrected chi connectivity index (χ4v) is 1.75. The molecule has 0 aliphatic carbocycles. The molecule has 1 fully saturated rings. The molecule has 1 saturated heterocycles. The van der Waals surface area contributed by atoms with Gasteiger partial charge in [-0.2, -0.15) is 0 Å². The van der Waals surface area contributed by atoms with Gasteiger partial charge in [0.05, 0.1) is 6.10 Å². The molecule has 7 nitrogen and oxygen atoms in total. The number of esters is 1. The molecule has 1 heterocycles. The monoisotopic (exact) mass is 247 g/mol. The number of hydrogen-bond donors (Lipinski definition) is 3. The van der Waals surface area contributed by atoms with E-state index in [1.54, 1.807) is 0 Å². The predicted molar refractivity (Wildman–Crippen MR) is 55.7 cm³/mol. The van der Waals surface area contributed by atoms with Crippen molar-refractivity contribution in [3.05, 3.63) is 0 Å². The van der Waals surface area contributed by atoms with Crippen molar-refractivity contribution >= 4 is 11.9 Å². The SMILES string of the molecule is CC(=O)N[C@H]1C(O)O[C@H](C)[C@H](O)[C@@H]1OC(C)=O. The molecular weight excluding hydrogens is 230 g/mol. The summed E-state index contributed by atoms with van der Waals surface area (Å²) in [5.41, 5.74) is 0. The largest absolute Gasteiger partial charge is 0.457 e.